The van der Waals surface area contributed by atoms with Crippen LogP contribution in [0.15, 0.2) is 30.7 Å². The maximum absolute atomic E-state index is 12.5. The summed E-state index contributed by atoms with van der Waals surface area (Å²) in [6, 6.07) is 3.54. The van der Waals surface area contributed by atoms with E-state index in [9.17, 15) is 4.79 Å². The molecule has 25 heavy (non-hydrogen) atoms. The fourth-order valence-electron chi connectivity index (χ4n) is 2.60. The Kier molecular flexibility index (Phi) is 5.08. The van der Waals surface area contributed by atoms with E-state index < -0.39 is 0 Å². The van der Waals surface area contributed by atoms with Crippen LogP contribution in [0.1, 0.15) is 17.4 Å². The number of aromatic nitrogens is 3. The van der Waals surface area contributed by atoms with Gasteiger partial charge in [-0.15, -0.1) is 0 Å². The third-order valence-electron chi connectivity index (χ3n) is 3.87. The molecule has 0 bridgehead atoms. The summed E-state index contributed by atoms with van der Waals surface area (Å²) in [6.07, 6.45) is 4.82. The molecule has 8 heteroatoms. The van der Waals surface area contributed by atoms with Crippen LogP contribution >= 0.6 is 0 Å². The zero-order chi connectivity index (χ0) is 17.8. The number of urea groups is 1. The number of amides is 2. The summed E-state index contributed by atoms with van der Waals surface area (Å²) in [5.41, 5.74) is 2.45. The van der Waals surface area contributed by atoms with E-state index in [1.54, 1.807) is 23.5 Å². The van der Waals surface area contributed by atoms with Crippen LogP contribution in [0.5, 0.6) is 0 Å². The normalized spacial score (nSPS) is 17.2. The van der Waals surface area contributed by atoms with Gasteiger partial charge in [-0.3, -0.25) is 4.98 Å². The minimum Gasteiger partial charge on any atom is -0.368 e. The molecule has 1 aliphatic heterocycles. The first kappa shape index (κ1) is 17.1. The van der Waals surface area contributed by atoms with Crippen LogP contribution < -0.4 is 10.2 Å². The Morgan fingerprint density at radius 2 is 2.24 bits per heavy atom. The van der Waals surface area contributed by atoms with Crippen molar-refractivity contribution in [2.75, 3.05) is 44.0 Å². The number of nitrogens with one attached hydrogen (secondary N) is 1. The summed E-state index contributed by atoms with van der Waals surface area (Å²) in [5.74, 6) is 0.619. The average Bonchev–Trinajstić information content (AvgIpc) is 2.62. The van der Waals surface area contributed by atoms with Crippen molar-refractivity contribution in [1.29, 1.82) is 0 Å². The van der Waals surface area contributed by atoms with Crippen LogP contribution in [0.3, 0.4) is 0 Å². The number of nitrogens with zero attached hydrogens (tertiary/aromatic N) is 5. The van der Waals surface area contributed by atoms with Gasteiger partial charge in [0.15, 0.2) is 0 Å². The van der Waals surface area contributed by atoms with Gasteiger partial charge >= 0.3 is 6.03 Å². The van der Waals surface area contributed by atoms with Crippen molar-refractivity contribution in [3.63, 3.8) is 0 Å². The zero-order valence-electron chi connectivity index (χ0n) is 14.6. The maximum Gasteiger partial charge on any atom is 0.322 e. The Balaban J connectivity index is 1.68. The summed E-state index contributed by atoms with van der Waals surface area (Å²) in [7, 11) is 3.77. The molecule has 1 N–H and O–H groups in total. The van der Waals surface area contributed by atoms with Crippen molar-refractivity contribution in [3.8, 4) is 0 Å². The van der Waals surface area contributed by atoms with Crippen molar-refractivity contribution in [2.45, 2.75) is 13.0 Å². The lowest BCUT2D eigenvalue weighted by molar-refractivity contribution is -0.0157. The topological polar surface area (TPSA) is 83.5 Å². The third-order valence-corrected chi connectivity index (χ3v) is 3.87. The van der Waals surface area contributed by atoms with Gasteiger partial charge in [0.25, 0.3) is 0 Å². The summed E-state index contributed by atoms with van der Waals surface area (Å²) in [5, 5.41) is 2.88. The minimum atomic E-state index is -0.267. The molecule has 1 atom stereocenters. The number of anilines is 2. The number of carbonyl (C=O) groups is 1. The molecule has 1 aliphatic rings. The van der Waals surface area contributed by atoms with E-state index in [-0.39, 0.29) is 12.1 Å². The quantitative estimate of drug-likeness (QED) is 0.916. The summed E-state index contributed by atoms with van der Waals surface area (Å²) >= 11 is 0. The number of aryl methyl sites for hydroxylation is 1. The molecule has 2 aromatic heterocycles. The number of ether oxygens (including phenoxy) is 1. The Hall–Kier alpha value is -2.74. The largest absolute Gasteiger partial charge is 0.368 e. The summed E-state index contributed by atoms with van der Waals surface area (Å²) < 4.78 is 5.81. The predicted molar refractivity (Wildman–Crippen MR) is 94.6 cm³/mol. The molecule has 132 valence electrons. The fraction of sp³-hybridized carbons (Fsp3) is 0.412. The van der Waals surface area contributed by atoms with Crippen LogP contribution in [-0.2, 0) is 4.74 Å². The van der Waals surface area contributed by atoms with Gasteiger partial charge in [0.05, 0.1) is 30.7 Å². The SMILES string of the molecule is Cc1cncc(NC(=O)N2CCO[C@@H](c3ccnc(N(C)C)n3)C2)c1. The van der Waals surface area contributed by atoms with E-state index in [1.807, 2.05) is 38.1 Å². The molecule has 8 nitrogen and oxygen atoms in total. The molecule has 0 aromatic carbocycles. The molecule has 0 saturated carbocycles. The molecule has 0 radical (unpaired) electrons. The highest BCUT2D eigenvalue weighted by atomic mass is 16.5. The first-order valence-corrected chi connectivity index (χ1v) is 8.12. The number of pyridine rings is 1. The van der Waals surface area contributed by atoms with E-state index in [4.69, 9.17) is 4.74 Å². The third kappa shape index (κ3) is 4.21. The van der Waals surface area contributed by atoms with E-state index in [0.29, 0.717) is 31.3 Å². The van der Waals surface area contributed by atoms with Gasteiger partial charge in [-0.1, -0.05) is 0 Å². The number of hydrogen-bond acceptors (Lipinski definition) is 6. The summed E-state index contributed by atoms with van der Waals surface area (Å²) in [6.45, 7) is 3.37. The van der Waals surface area contributed by atoms with Gasteiger partial charge < -0.3 is 19.9 Å². The Morgan fingerprint density at radius 3 is 3.00 bits per heavy atom. The molecule has 0 spiro atoms. The van der Waals surface area contributed by atoms with Gasteiger partial charge in [-0.2, -0.15) is 0 Å². The highest BCUT2D eigenvalue weighted by molar-refractivity contribution is 5.89. The minimum absolute atomic E-state index is 0.164. The van der Waals surface area contributed by atoms with Crippen molar-refractivity contribution in [1.82, 2.24) is 19.9 Å². The van der Waals surface area contributed by atoms with Crippen LogP contribution in [0.25, 0.3) is 0 Å². The second kappa shape index (κ2) is 7.43. The fourth-order valence-corrected chi connectivity index (χ4v) is 2.60. The first-order chi connectivity index (χ1) is 12.0. The van der Waals surface area contributed by atoms with Crippen LogP contribution in [0.4, 0.5) is 16.4 Å². The molecule has 3 heterocycles. The van der Waals surface area contributed by atoms with Crippen molar-refractivity contribution in [2.24, 2.45) is 0 Å². The lowest BCUT2D eigenvalue weighted by atomic mass is 10.2. The standard InChI is InChI=1S/C17H22N6O2/c1-12-8-13(10-18-9-12)20-17(24)23-6-7-25-15(11-23)14-4-5-19-16(21-14)22(2)3/h4-5,8-10,15H,6-7,11H2,1-3H3,(H,20,24)/t15-/m1/s1. The Morgan fingerprint density at radius 1 is 1.40 bits per heavy atom. The van der Waals surface area contributed by atoms with Gasteiger partial charge in [-0.05, 0) is 24.6 Å². The van der Waals surface area contributed by atoms with Crippen molar-refractivity contribution in [3.05, 3.63) is 42.0 Å². The maximum atomic E-state index is 12.5. The van der Waals surface area contributed by atoms with E-state index >= 15 is 0 Å². The number of rotatable bonds is 3. The van der Waals surface area contributed by atoms with Crippen LogP contribution in [0, 0.1) is 6.92 Å². The molecule has 2 amide bonds. The zero-order valence-corrected chi connectivity index (χ0v) is 14.6. The number of morpholine rings is 1. The molecular weight excluding hydrogens is 320 g/mol. The molecule has 3 rings (SSSR count). The molecule has 0 unspecified atom stereocenters. The Bertz CT molecular complexity index is 751. The molecule has 0 aliphatic carbocycles. The lowest BCUT2D eigenvalue weighted by Crippen LogP contribution is -2.44. The van der Waals surface area contributed by atoms with E-state index in [0.717, 1.165) is 11.3 Å². The van der Waals surface area contributed by atoms with Crippen LogP contribution in [0.2, 0.25) is 0 Å². The van der Waals surface area contributed by atoms with Gasteiger partial charge in [0.2, 0.25) is 5.95 Å². The van der Waals surface area contributed by atoms with E-state index in [1.165, 1.54) is 0 Å². The average molecular weight is 342 g/mol. The monoisotopic (exact) mass is 342 g/mol. The van der Waals surface area contributed by atoms with Gasteiger partial charge in [-0.25, -0.2) is 14.8 Å². The highest BCUT2D eigenvalue weighted by Crippen LogP contribution is 2.22. The van der Waals surface area contributed by atoms with Crippen LogP contribution in [-0.4, -0.2) is 59.7 Å². The Labute approximate surface area is 146 Å². The molecule has 2 aromatic rings. The molecule has 1 fully saturated rings. The molecule has 1 saturated heterocycles. The second-order valence-corrected chi connectivity index (χ2v) is 6.16. The summed E-state index contributed by atoms with van der Waals surface area (Å²) in [4.78, 5) is 28.9. The van der Waals surface area contributed by atoms with Crippen molar-refractivity contribution >= 4 is 17.7 Å². The molecular formula is C17H22N6O2. The van der Waals surface area contributed by atoms with Crippen molar-refractivity contribution < 1.29 is 9.53 Å². The van der Waals surface area contributed by atoms with Gasteiger partial charge in [0, 0.05) is 33.0 Å². The van der Waals surface area contributed by atoms with Gasteiger partial charge in [0.1, 0.15) is 6.10 Å². The number of hydrogen-bond donors (Lipinski definition) is 1. The first-order valence-electron chi connectivity index (χ1n) is 8.12. The second-order valence-electron chi connectivity index (χ2n) is 6.16. The predicted octanol–water partition coefficient (Wildman–Crippen LogP) is 1.85. The lowest BCUT2D eigenvalue weighted by Gasteiger charge is -2.32. The highest BCUT2D eigenvalue weighted by Gasteiger charge is 2.26. The smallest absolute Gasteiger partial charge is 0.322 e. The van der Waals surface area contributed by atoms with E-state index in [2.05, 4.69) is 20.3 Å². The number of carbonyl (C=O) groups excluding carboxylic acids is 1.